The molecule has 0 aromatic heterocycles. The number of aryl methyl sites for hydroxylation is 3. The Morgan fingerprint density at radius 3 is 2.33 bits per heavy atom. The van der Waals surface area contributed by atoms with Gasteiger partial charge in [-0.15, -0.1) is 0 Å². The minimum Gasteiger partial charge on any atom is -0.301 e. The topological polar surface area (TPSA) is 44.7 Å². The second-order valence-corrected chi connectivity index (χ2v) is 4.84. The number of nitrogens with zero attached hydrogens (tertiary/aromatic N) is 2. The molecule has 0 aliphatic rings. The molecule has 0 unspecified atom stereocenters. The first kappa shape index (κ1) is 14.4. The number of likely N-dealkylation sites (N-methyl/N-ethyl adjacent to an activating group) is 1. The highest BCUT2D eigenvalue weighted by molar-refractivity contribution is 5.85. The Morgan fingerprint density at radius 2 is 1.83 bits per heavy atom. The molecular weight excluding hydrogens is 226 g/mol. The first-order chi connectivity index (χ1) is 8.40. The van der Waals surface area contributed by atoms with Crippen molar-refractivity contribution in [1.29, 1.82) is 0 Å². The predicted molar refractivity (Wildman–Crippen MR) is 74.9 cm³/mol. The van der Waals surface area contributed by atoms with Crippen molar-refractivity contribution in [1.82, 2.24) is 10.3 Å². The Morgan fingerprint density at radius 1 is 1.28 bits per heavy atom. The number of carbonyl (C=O) groups excluding carboxylic acids is 1. The Balaban J connectivity index is 2.71. The van der Waals surface area contributed by atoms with Crippen LogP contribution in [0.3, 0.4) is 0 Å². The van der Waals surface area contributed by atoms with E-state index >= 15 is 0 Å². The van der Waals surface area contributed by atoms with Crippen LogP contribution >= 0.6 is 0 Å². The van der Waals surface area contributed by atoms with Crippen LogP contribution in [-0.4, -0.2) is 37.7 Å². The van der Waals surface area contributed by atoms with E-state index in [2.05, 4.69) is 29.6 Å². The lowest BCUT2D eigenvalue weighted by Crippen LogP contribution is -2.30. The van der Waals surface area contributed by atoms with Gasteiger partial charge in [0.15, 0.2) is 0 Å². The van der Waals surface area contributed by atoms with Gasteiger partial charge >= 0.3 is 0 Å². The third-order valence-electron chi connectivity index (χ3n) is 2.58. The third-order valence-corrected chi connectivity index (χ3v) is 2.58. The fraction of sp³-hybridized carbons (Fsp3) is 0.429. The number of rotatable bonds is 4. The first-order valence-electron chi connectivity index (χ1n) is 5.94. The number of hydrogen-bond donors (Lipinski definition) is 1. The molecule has 0 aliphatic heterocycles. The summed E-state index contributed by atoms with van der Waals surface area (Å²) in [7, 11) is 3.69. The van der Waals surface area contributed by atoms with Gasteiger partial charge in [0.25, 0.3) is 5.91 Å². The minimum absolute atomic E-state index is 0.112. The summed E-state index contributed by atoms with van der Waals surface area (Å²) in [4.78, 5) is 13.2. The van der Waals surface area contributed by atoms with Gasteiger partial charge in [0.05, 0.1) is 12.8 Å². The highest BCUT2D eigenvalue weighted by Gasteiger charge is 2.02. The van der Waals surface area contributed by atoms with Crippen LogP contribution in [0.25, 0.3) is 0 Å². The third kappa shape index (κ3) is 4.30. The maximum atomic E-state index is 11.4. The van der Waals surface area contributed by atoms with Crippen molar-refractivity contribution in [3.8, 4) is 0 Å². The molecule has 0 heterocycles. The zero-order chi connectivity index (χ0) is 13.7. The van der Waals surface area contributed by atoms with Crippen molar-refractivity contribution in [3.63, 3.8) is 0 Å². The highest BCUT2D eigenvalue weighted by atomic mass is 16.2. The van der Waals surface area contributed by atoms with Crippen LogP contribution in [0.4, 0.5) is 0 Å². The molecule has 1 N–H and O–H groups in total. The van der Waals surface area contributed by atoms with Crippen LogP contribution in [0.2, 0.25) is 0 Å². The molecule has 0 radical (unpaired) electrons. The first-order valence-corrected chi connectivity index (χ1v) is 5.94. The van der Waals surface area contributed by atoms with Crippen LogP contribution in [0, 0.1) is 20.8 Å². The molecule has 0 saturated heterocycles. The number of amides is 1. The standard InChI is InChI=1S/C14H21N3O/c1-10-6-11(2)13(12(3)7-10)8-15-16-14(18)9-17(4)5/h6-8H,9H2,1-5H3,(H,16,18)/b15-8+. The van der Waals surface area contributed by atoms with Crippen LogP contribution in [-0.2, 0) is 4.79 Å². The van der Waals surface area contributed by atoms with Crippen molar-refractivity contribution >= 4 is 12.1 Å². The lowest BCUT2D eigenvalue weighted by atomic mass is 10.0. The van der Waals surface area contributed by atoms with E-state index in [9.17, 15) is 4.79 Å². The summed E-state index contributed by atoms with van der Waals surface area (Å²) in [5.74, 6) is -0.112. The molecule has 0 spiro atoms. The summed E-state index contributed by atoms with van der Waals surface area (Å²) < 4.78 is 0. The summed E-state index contributed by atoms with van der Waals surface area (Å²) in [6.45, 7) is 6.50. The number of nitrogens with one attached hydrogen (secondary N) is 1. The van der Waals surface area contributed by atoms with Crippen LogP contribution in [0.5, 0.6) is 0 Å². The Hall–Kier alpha value is -1.68. The molecule has 4 heteroatoms. The SMILES string of the molecule is Cc1cc(C)c(/C=N/NC(=O)CN(C)C)c(C)c1. The second kappa shape index (κ2) is 6.31. The quantitative estimate of drug-likeness (QED) is 0.649. The van der Waals surface area contributed by atoms with E-state index in [1.165, 1.54) is 5.56 Å². The maximum absolute atomic E-state index is 11.4. The summed E-state index contributed by atoms with van der Waals surface area (Å²) in [6.07, 6.45) is 1.71. The van der Waals surface area contributed by atoms with E-state index < -0.39 is 0 Å². The highest BCUT2D eigenvalue weighted by Crippen LogP contribution is 2.13. The number of carbonyl (C=O) groups is 1. The average molecular weight is 247 g/mol. The maximum Gasteiger partial charge on any atom is 0.254 e. The molecular formula is C14H21N3O. The second-order valence-electron chi connectivity index (χ2n) is 4.84. The molecule has 1 rings (SSSR count). The molecule has 0 bridgehead atoms. The molecule has 0 atom stereocenters. The number of hydrogen-bond acceptors (Lipinski definition) is 3. The Bertz CT molecular complexity index is 441. The molecule has 0 fully saturated rings. The van der Waals surface area contributed by atoms with E-state index in [4.69, 9.17) is 0 Å². The molecule has 98 valence electrons. The smallest absolute Gasteiger partial charge is 0.254 e. The van der Waals surface area contributed by atoms with Crippen molar-refractivity contribution in [3.05, 3.63) is 34.4 Å². The minimum atomic E-state index is -0.112. The van der Waals surface area contributed by atoms with Gasteiger partial charge in [0.1, 0.15) is 0 Å². The fourth-order valence-electron chi connectivity index (χ4n) is 1.89. The van der Waals surface area contributed by atoms with Crippen molar-refractivity contribution < 1.29 is 4.79 Å². The monoisotopic (exact) mass is 247 g/mol. The van der Waals surface area contributed by atoms with E-state index in [0.717, 1.165) is 16.7 Å². The Kier molecular flexibility index (Phi) is 5.04. The van der Waals surface area contributed by atoms with Gasteiger partial charge in [-0.2, -0.15) is 5.10 Å². The molecule has 1 amide bonds. The summed E-state index contributed by atoms with van der Waals surface area (Å²) >= 11 is 0. The van der Waals surface area contributed by atoms with Gasteiger partial charge in [-0.25, -0.2) is 5.43 Å². The van der Waals surface area contributed by atoms with E-state index in [1.54, 1.807) is 11.1 Å². The normalized spacial score (nSPS) is 11.2. The number of hydrazone groups is 1. The van der Waals surface area contributed by atoms with Crippen LogP contribution < -0.4 is 5.43 Å². The summed E-state index contributed by atoms with van der Waals surface area (Å²) in [5.41, 5.74) is 7.15. The van der Waals surface area contributed by atoms with E-state index in [1.807, 2.05) is 27.9 Å². The van der Waals surface area contributed by atoms with Gasteiger partial charge in [0.2, 0.25) is 0 Å². The van der Waals surface area contributed by atoms with Crippen molar-refractivity contribution in [2.45, 2.75) is 20.8 Å². The van der Waals surface area contributed by atoms with E-state index in [0.29, 0.717) is 6.54 Å². The molecule has 18 heavy (non-hydrogen) atoms. The molecule has 1 aromatic carbocycles. The summed E-state index contributed by atoms with van der Waals surface area (Å²) in [5, 5.41) is 3.99. The molecule has 4 nitrogen and oxygen atoms in total. The van der Waals surface area contributed by atoms with Crippen molar-refractivity contribution in [2.24, 2.45) is 5.10 Å². The van der Waals surface area contributed by atoms with Crippen molar-refractivity contribution in [2.75, 3.05) is 20.6 Å². The van der Waals surface area contributed by atoms with Gasteiger partial charge in [-0.05, 0) is 46.0 Å². The van der Waals surface area contributed by atoms with E-state index in [-0.39, 0.29) is 5.91 Å². The largest absolute Gasteiger partial charge is 0.301 e. The molecule has 1 aromatic rings. The lowest BCUT2D eigenvalue weighted by molar-refractivity contribution is -0.121. The van der Waals surface area contributed by atoms with Crippen LogP contribution in [0.15, 0.2) is 17.2 Å². The summed E-state index contributed by atoms with van der Waals surface area (Å²) in [6, 6.07) is 4.21. The van der Waals surface area contributed by atoms with Gasteiger partial charge < -0.3 is 4.90 Å². The zero-order valence-electron chi connectivity index (χ0n) is 11.7. The molecule has 0 saturated carbocycles. The fourth-order valence-corrected chi connectivity index (χ4v) is 1.89. The molecule has 0 aliphatic carbocycles. The van der Waals surface area contributed by atoms with Gasteiger partial charge in [-0.3, -0.25) is 4.79 Å². The lowest BCUT2D eigenvalue weighted by Gasteiger charge is -2.08. The average Bonchev–Trinajstić information content (AvgIpc) is 2.20. The number of benzene rings is 1. The Labute approximate surface area is 109 Å². The van der Waals surface area contributed by atoms with Gasteiger partial charge in [0, 0.05) is 5.56 Å². The zero-order valence-corrected chi connectivity index (χ0v) is 11.7. The van der Waals surface area contributed by atoms with Crippen LogP contribution in [0.1, 0.15) is 22.3 Å². The predicted octanol–water partition coefficient (Wildman–Crippen LogP) is 1.62. The van der Waals surface area contributed by atoms with Gasteiger partial charge in [-0.1, -0.05) is 17.7 Å².